The quantitative estimate of drug-likeness (QED) is 0.844. The molecule has 1 spiro atoms. The van der Waals surface area contributed by atoms with Crippen molar-refractivity contribution in [3.05, 3.63) is 24.3 Å². The van der Waals surface area contributed by atoms with E-state index in [0.29, 0.717) is 44.9 Å². The molecule has 6 nitrogen and oxygen atoms in total. The molecule has 0 saturated carbocycles. The first-order valence-corrected chi connectivity index (χ1v) is 8.92. The van der Waals surface area contributed by atoms with Gasteiger partial charge in [0.15, 0.2) is 5.79 Å². The van der Waals surface area contributed by atoms with Crippen LogP contribution in [0.5, 0.6) is 5.75 Å². The molecule has 0 unspecified atom stereocenters. The highest BCUT2D eigenvalue weighted by Gasteiger charge is 2.41. The van der Waals surface area contributed by atoms with Gasteiger partial charge in [-0.3, -0.25) is 0 Å². The maximum atomic E-state index is 12.8. The fourth-order valence-electron chi connectivity index (χ4n) is 2.94. The molecule has 0 atom stereocenters. The van der Waals surface area contributed by atoms with Gasteiger partial charge in [0.2, 0.25) is 10.0 Å². The van der Waals surface area contributed by atoms with E-state index in [1.54, 1.807) is 24.3 Å². The monoisotopic (exact) mass is 327 g/mol. The molecule has 3 rings (SSSR count). The maximum absolute atomic E-state index is 12.8. The fraction of sp³-hybridized carbons (Fsp3) is 0.600. The minimum atomic E-state index is -3.56. The Bertz CT molecular complexity index is 615. The van der Waals surface area contributed by atoms with Crippen molar-refractivity contribution in [3.63, 3.8) is 0 Å². The van der Waals surface area contributed by atoms with Crippen LogP contribution in [0, 0.1) is 0 Å². The first-order valence-electron chi connectivity index (χ1n) is 7.48. The Kier molecular flexibility index (Phi) is 4.40. The summed E-state index contributed by atoms with van der Waals surface area (Å²) in [6.07, 6.45) is 2.01. The molecule has 2 heterocycles. The van der Waals surface area contributed by atoms with Gasteiger partial charge in [-0.25, -0.2) is 8.42 Å². The summed E-state index contributed by atoms with van der Waals surface area (Å²) >= 11 is 0. The number of methoxy groups -OCH3 is 1. The van der Waals surface area contributed by atoms with Crippen molar-refractivity contribution in [2.75, 3.05) is 33.4 Å². The number of para-hydroxylation sites is 1. The highest BCUT2D eigenvalue weighted by molar-refractivity contribution is 7.89. The molecular weight excluding hydrogens is 306 g/mol. The average Bonchev–Trinajstić information content (AvgIpc) is 2.56. The molecule has 2 aliphatic rings. The van der Waals surface area contributed by atoms with E-state index in [2.05, 4.69) is 0 Å². The third kappa shape index (κ3) is 2.86. The van der Waals surface area contributed by atoms with Gasteiger partial charge in [-0.2, -0.15) is 4.31 Å². The van der Waals surface area contributed by atoms with E-state index in [9.17, 15) is 8.42 Å². The zero-order valence-corrected chi connectivity index (χ0v) is 13.5. The number of hydrogen-bond acceptors (Lipinski definition) is 5. The van der Waals surface area contributed by atoms with Crippen LogP contribution < -0.4 is 4.74 Å². The van der Waals surface area contributed by atoms with E-state index in [1.165, 1.54) is 11.4 Å². The summed E-state index contributed by atoms with van der Waals surface area (Å²) in [4.78, 5) is 0.207. The van der Waals surface area contributed by atoms with Gasteiger partial charge in [0.05, 0.1) is 20.3 Å². The SMILES string of the molecule is COc1ccccc1S(=O)(=O)N1CCC2(CC1)OCCCO2. The van der Waals surface area contributed by atoms with Gasteiger partial charge >= 0.3 is 0 Å². The number of hydrogen-bond donors (Lipinski definition) is 0. The number of sulfonamides is 1. The smallest absolute Gasteiger partial charge is 0.246 e. The van der Waals surface area contributed by atoms with Gasteiger partial charge in [-0.1, -0.05) is 12.1 Å². The van der Waals surface area contributed by atoms with Gasteiger partial charge in [-0.05, 0) is 18.6 Å². The van der Waals surface area contributed by atoms with Crippen LogP contribution in [0.3, 0.4) is 0 Å². The molecule has 1 aromatic rings. The third-order valence-corrected chi connectivity index (χ3v) is 6.13. The van der Waals surface area contributed by atoms with Gasteiger partial charge in [-0.15, -0.1) is 0 Å². The van der Waals surface area contributed by atoms with Crippen molar-refractivity contribution in [1.82, 2.24) is 4.31 Å². The predicted octanol–water partition coefficient (Wildman–Crippen LogP) is 1.61. The molecule has 0 radical (unpaired) electrons. The van der Waals surface area contributed by atoms with E-state index in [0.717, 1.165) is 6.42 Å². The molecular formula is C15H21NO5S. The molecule has 2 aliphatic heterocycles. The summed E-state index contributed by atoms with van der Waals surface area (Å²) in [5.74, 6) is -0.224. The lowest BCUT2D eigenvalue weighted by molar-refractivity contribution is -0.280. The molecule has 1 aromatic carbocycles. The van der Waals surface area contributed by atoms with Crippen molar-refractivity contribution in [2.24, 2.45) is 0 Å². The second-order valence-corrected chi connectivity index (χ2v) is 7.42. The molecule has 2 fully saturated rings. The Hall–Kier alpha value is -1.15. The summed E-state index contributed by atoms with van der Waals surface area (Å²) in [5.41, 5.74) is 0. The number of piperidine rings is 1. The van der Waals surface area contributed by atoms with Crippen LogP contribution in [0.4, 0.5) is 0 Å². The second-order valence-electron chi connectivity index (χ2n) is 5.52. The Labute approximate surface area is 131 Å². The lowest BCUT2D eigenvalue weighted by Crippen LogP contribution is -2.51. The van der Waals surface area contributed by atoms with Gasteiger partial charge in [0, 0.05) is 25.9 Å². The molecule has 2 saturated heterocycles. The first kappa shape index (κ1) is 15.7. The number of benzene rings is 1. The predicted molar refractivity (Wildman–Crippen MR) is 80.2 cm³/mol. The highest BCUT2D eigenvalue weighted by atomic mass is 32.2. The van der Waals surface area contributed by atoms with Crippen LogP contribution in [-0.4, -0.2) is 51.9 Å². The van der Waals surface area contributed by atoms with E-state index < -0.39 is 15.8 Å². The highest BCUT2D eigenvalue weighted by Crippen LogP contribution is 2.34. The van der Waals surface area contributed by atoms with Crippen LogP contribution in [0.1, 0.15) is 19.3 Å². The number of rotatable bonds is 3. The lowest BCUT2D eigenvalue weighted by Gasteiger charge is -2.42. The standard InChI is InChI=1S/C15H21NO5S/c1-19-13-5-2-3-6-14(13)22(17,18)16-9-7-15(8-10-16)20-11-4-12-21-15/h2-3,5-6H,4,7-12H2,1H3. The summed E-state index contributed by atoms with van der Waals surface area (Å²) < 4.78 is 43.8. The topological polar surface area (TPSA) is 65.1 Å². The minimum Gasteiger partial charge on any atom is -0.495 e. The van der Waals surface area contributed by atoms with Crippen LogP contribution in [0.25, 0.3) is 0 Å². The normalized spacial score (nSPS) is 22.6. The number of nitrogens with zero attached hydrogens (tertiary/aromatic N) is 1. The van der Waals surface area contributed by atoms with Crippen molar-refractivity contribution in [2.45, 2.75) is 29.9 Å². The second kappa shape index (κ2) is 6.16. The maximum Gasteiger partial charge on any atom is 0.246 e. The molecule has 122 valence electrons. The Morgan fingerprint density at radius 1 is 1.14 bits per heavy atom. The molecule has 0 amide bonds. The van der Waals surface area contributed by atoms with Gasteiger partial charge in [0.1, 0.15) is 10.6 Å². The van der Waals surface area contributed by atoms with Crippen LogP contribution in [-0.2, 0) is 19.5 Å². The van der Waals surface area contributed by atoms with E-state index in [1.807, 2.05) is 0 Å². The molecule has 22 heavy (non-hydrogen) atoms. The van der Waals surface area contributed by atoms with Crippen molar-refractivity contribution in [1.29, 1.82) is 0 Å². The summed E-state index contributed by atoms with van der Waals surface area (Å²) in [6.45, 7) is 2.14. The Balaban J connectivity index is 1.77. The molecule has 0 aliphatic carbocycles. The van der Waals surface area contributed by atoms with E-state index in [-0.39, 0.29) is 4.90 Å². The minimum absolute atomic E-state index is 0.207. The summed E-state index contributed by atoms with van der Waals surface area (Å²) in [5, 5.41) is 0. The van der Waals surface area contributed by atoms with Gasteiger partial charge < -0.3 is 14.2 Å². The molecule has 0 aromatic heterocycles. The van der Waals surface area contributed by atoms with Crippen molar-refractivity contribution in [3.8, 4) is 5.75 Å². The average molecular weight is 327 g/mol. The summed E-state index contributed by atoms with van der Waals surface area (Å²) in [6, 6.07) is 6.69. The van der Waals surface area contributed by atoms with Gasteiger partial charge in [0.25, 0.3) is 0 Å². The van der Waals surface area contributed by atoms with E-state index in [4.69, 9.17) is 14.2 Å². The van der Waals surface area contributed by atoms with Crippen LogP contribution in [0.15, 0.2) is 29.2 Å². The molecule has 0 N–H and O–H groups in total. The Morgan fingerprint density at radius 3 is 2.41 bits per heavy atom. The first-order chi connectivity index (χ1) is 10.6. The third-order valence-electron chi connectivity index (χ3n) is 4.19. The fourth-order valence-corrected chi connectivity index (χ4v) is 4.54. The van der Waals surface area contributed by atoms with Crippen LogP contribution >= 0.6 is 0 Å². The molecule has 7 heteroatoms. The zero-order chi connectivity index (χ0) is 15.6. The number of ether oxygens (including phenoxy) is 3. The van der Waals surface area contributed by atoms with Crippen molar-refractivity contribution < 1.29 is 22.6 Å². The molecule has 0 bridgehead atoms. The summed E-state index contributed by atoms with van der Waals surface area (Å²) in [7, 11) is -2.09. The Morgan fingerprint density at radius 2 is 1.77 bits per heavy atom. The largest absolute Gasteiger partial charge is 0.495 e. The van der Waals surface area contributed by atoms with Crippen LogP contribution in [0.2, 0.25) is 0 Å². The van der Waals surface area contributed by atoms with E-state index >= 15 is 0 Å². The zero-order valence-electron chi connectivity index (χ0n) is 12.7. The lowest BCUT2D eigenvalue weighted by atomic mass is 10.0. The van der Waals surface area contributed by atoms with Crippen molar-refractivity contribution >= 4 is 10.0 Å².